The molecule has 0 aliphatic carbocycles. The summed E-state index contributed by atoms with van der Waals surface area (Å²) in [5.74, 6) is -0.525. The number of nitrogens with two attached hydrogens (primary N) is 1. The van der Waals surface area contributed by atoms with Crippen LogP contribution in [0.1, 0.15) is 5.56 Å². The molecular weight excluding hydrogens is 289 g/mol. The van der Waals surface area contributed by atoms with E-state index in [-0.39, 0.29) is 17.3 Å². The van der Waals surface area contributed by atoms with Gasteiger partial charge in [-0.3, -0.25) is 0 Å². The van der Waals surface area contributed by atoms with E-state index in [1.54, 1.807) is 0 Å². The minimum atomic E-state index is -3.28. The van der Waals surface area contributed by atoms with Gasteiger partial charge in [0.05, 0.1) is 5.75 Å². The van der Waals surface area contributed by atoms with Crippen molar-refractivity contribution in [3.63, 3.8) is 0 Å². The highest BCUT2D eigenvalue weighted by atomic mass is 32.2. The van der Waals surface area contributed by atoms with E-state index in [4.69, 9.17) is 18.0 Å². The fraction of sp³-hybridized carbons (Fsp3) is 0.364. The lowest BCUT2D eigenvalue weighted by Crippen LogP contribution is -2.28. The molecule has 3 N–H and O–H groups in total. The first-order chi connectivity index (χ1) is 8.74. The smallest absolute Gasteiger partial charge is 0.215 e. The van der Waals surface area contributed by atoms with Crippen LogP contribution in [0.5, 0.6) is 0 Å². The number of sulfonamides is 1. The Morgan fingerprint density at radius 1 is 1.47 bits per heavy atom. The molecule has 0 aliphatic heterocycles. The lowest BCUT2D eigenvalue weighted by atomic mass is 10.1. The Balaban J connectivity index is 2.77. The van der Waals surface area contributed by atoms with Crippen LogP contribution in [-0.4, -0.2) is 44.1 Å². The van der Waals surface area contributed by atoms with Crippen LogP contribution in [0.2, 0.25) is 0 Å². The van der Waals surface area contributed by atoms with E-state index in [9.17, 15) is 12.8 Å². The van der Waals surface area contributed by atoms with Crippen LogP contribution in [0.3, 0.4) is 0 Å². The first-order valence-corrected chi connectivity index (χ1v) is 7.49. The monoisotopic (exact) mass is 305 g/mol. The molecule has 1 aromatic carbocycles. The Kier molecular flexibility index (Phi) is 5.21. The maximum atomic E-state index is 13.1. The van der Waals surface area contributed by atoms with E-state index < -0.39 is 15.8 Å². The largest absolute Gasteiger partial charge is 0.389 e. The second-order valence-corrected chi connectivity index (χ2v) is 6.82. The summed E-state index contributed by atoms with van der Waals surface area (Å²) in [6.07, 6.45) is 0. The first kappa shape index (κ1) is 15.8. The van der Waals surface area contributed by atoms with Crippen molar-refractivity contribution in [3.05, 3.63) is 29.6 Å². The number of hydrogen-bond acceptors (Lipinski definition) is 4. The van der Waals surface area contributed by atoms with E-state index in [2.05, 4.69) is 5.32 Å². The molecule has 5 nitrogen and oxygen atoms in total. The Morgan fingerprint density at radius 2 is 2.11 bits per heavy atom. The zero-order valence-electron chi connectivity index (χ0n) is 10.7. The summed E-state index contributed by atoms with van der Waals surface area (Å²) in [6.45, 7) is 0.182. The van der Waals surface area contributed by atoms with Gasteiger partial charge in [-0.2, -0.15) is 0 Å². The molecular formula is C11H16FN3O2S2. The summed E-state index contributed by atoms with van der Waals surface area (Å²) in [6, 6.07) is 3.95. The average Bonchev–Trinajstić information content (AvgIpc) is 2.30. The van der Waals surface area contributed by atoms with Crippen molar-refractivity contribution in [2.75, 3.05) is 31.7 Å². The average molecular weight is 305 g/mol. The first-order valence-electron chi connectivity index (χ1n) is 5.47. The molecule has 0 spiro atoms. The molecule has 0 saturated heterocycles. The highest BCUT2D eigenvalue weighted by Gasteiger charge is 2.13. The molecule has 106 valence electrons. The van der Waals surface area contributed by atoms with E-state index >= 15 is 0 Å². The SMILES string of the molecule is CN(C)S(=O)(=O)CCNc1ccc(F)cc1C(N)=S. The lowest BCUT2D eigenvalue weighted by Gasteiger charge is -2.14. The number of halogens is 1. The summed E-state index contributed by atoms with van der Waals surface area (Å²) in [7, 11) is -0.345. The maximum Gasteiger partial charge on any atom is 0.215 e. The molecule has 1 aromatic rings. The molecule has 0 fully saturated rings. The highest BCUT2D eigenvalue weighted by Crippen LogP contribution is 2.16. The number of hydrogen-bond donors (Lipinski definition) is 2. The normalized spacial score (nSPS) is 11.6. The molecule has 0 amide bonds. The zero-order valence-corrected chi connectivity index (χ0v) is 12.3. The van der Waals surface area contributed by atoms with Gasteiger partial charge in [-0.05, 0) is 18.2 Å². The molecule has 0 aliphatic rings. The molecule has 19 heavy (non-hydrogen) atoms. The Morgan fingerprint density at radius 3 is 2.63 bits per heavy atom. The van der Waals surface area contributed by atoms with Crippen molar-refractivity contribution in [2.24, 2.45) is 5.73 Å². The topological polar surface area (TPSA) is 75.4 Å². The second kappa shape index (κ2) is 6.27. The third kappa shape index (κ3) is 4.41. The Hall–Kier alpha value is -1.25. The van der Waals surface area contributed by atoms with Gasteiger partial charge in [-0.15, -0.1) is 0 Å². The predicted molar refractivity (Wildman–Crippen MR) is 78.3 cm³/mol. The number of nitrogens with zero attached hydrogens (tertiary/aromatic N) is 1. The van der Waals surface area contributed by atoms with Crippen molar-refractivity contribution in [3.8, 4) is 0 Å². The summed E-state index contributed by atoms with van der Waals surface area (Å²) in [5.41, 5.74) is 6.36. The second-order valence-electron chi connectivity index (χ2n) is 4.08. The number of nitrogens with one attached hydrogen (secondary N) is 1. The van der Waals surface area contributed by atoms with Crippen LogP contribution >= 0.6 is 12.2 Å². The number of anilines is 1. The van der Waals surface area contributed by atoms with Gasteiger partial charge in [0.25, 0.3) is 0 Å². The molecule has 0 aromatic heterocycles. The molecule has 1 rings (SSSR count). The lowest BCUT2D eigenvalue weighted by molar-refractivity contribution is 0.521. The maximum absolute atomic E-state index is 13.1. The third-order valence-electron chi connectivity index (χ3n) is 2.48. The summed E-state index contributed by atoms with van der Waals surface area (Å²) >= 11 is 4.82. The van der Waals surface area contributed by atoms with E-state index in [0.29, 0.717) is 11.3 Å². The van der Waals surface area contributed by atoms with Gasteiger partial charge in [-0.25, -0.2) is 17.1 Å². The van der Waals surface area contributed by atoms with Crippen LogP contribution in [0.4, 0.5) is 10.1 Å². The fourth-order valence-electron chi connectivity index (χ4n) is 1.37. The minimum Gasteiger partial charge on any atom is -0.389 e. The van der Waals surface area contributed by atoms with Gasteiger partial charge >= 0.3 is 0 Å². The third-order valence-corrected chi connectivity index (χ3v) is 4.53. The molecule has 0 unspecified atom stereocenters. The summed E-state index contributed by atoms with van der Waals surface area (Å²) in [5, 5.41) is 2.89. The van der Waals surface area contributed by atoms with Crippen molar-refractivity contribution < 1.29 is 12.8 Å². The van der Waals surface area contributed by atoms with Crippen LogP contribution in [0.15, 0.2) is 18.2 Å². The van der Waals surface area contributed by atoms with Crippen LogP contribution < -0.4 is 11.1 Å². The van der Waals surface area contributed by atoms with E-state index in [0.717, 1.165) is 4.31 Å². The van der Waals surface area contributed by atoms with Crippen molar-refractivity contribution >= 4 is 32.9 Å². The summed E-state index contributed by atoms with van der Waals surface area (Å²) in [4.78, 5) is 0.0532. The minimum absolute atomic E-state index is 0.0532. The van der Waals surface area contributed by atoms with E-state index in [1.807, 2.05) is 0 Å². The van der Waals surface area contributed by atoms with Gasteiger partial charge in [0, 0.05) is 31.9 Å². The summed E-state index contributed by atoms with van der Waals surface area (Å²) < 4.78 is 37.4. The predicted octanol–water partition coefficient (Wildman–Crippen LogP) is 0.763. The van der Waals surface area contributed by atoms with Crippen molar-refractivity contribution in [1.29, 1.82) is 0 Å². The fourth-order valence-corrected chi connectivity index (χ4v) is 2.27. The standard InChI is InChI=1S/C11H16FN3O2S2/c1-15(2)19(16,17)6-5-14-10-4-3-8(12)7-9(10)11(13)18/h3-4,7,14H,5-6H2,1-2H3,(H2,13,18). The van der Waals surface area contributed by atoms with Crippen LogP contribution in [-0.2, 0) is 10.0 Å². The molecule has 0 saturated carbocycles. The van der Waals surface area contributed by atoms with Crippen molar-refractivity contribution in [1.82, 2.24) is 4.31 Å². The quantitative estimate of drug-likeness (QED) is 0.759. The van der Waals surface area contributed by atoms with Crippen LogP contribution in [0, 0.1) is 5.82 Å². The van der Waals surface area contributed by atoms with Gasteiger partial charge in [0.15, 0.2) is 0 Å². The molecule has 8 heteroatoms. The number of benzene rings is 1. The van der Waals surface area contributed by atoms with Gasteiger partial charge in [0.1, 0.15) is 10.8 Å². The highest BCUT2D eigenvalue weighted by molar-refractivity contribution is 7.89. The number of rotatable bonds is 6. The van der Waals surface area contributed by atoms with Crippen LogP contribution in [0.25, 0.3) is 0 Å². The molecule has 0 radical (unpaired) electrons. The molecule has 0 atom stereocenters. The Labute approximate surface area is 117 Å². The number of thiocarbonyl (C=S) groups is 1. The van der Waals surface area contributed by atoms with Gasteiger partial charge < -0.3 is 11.1 Å². The zero-order chi connectivity index (χ0) is 14.6. The van der Waals surface area contributed by atoms with E-state index in [1.165, 1.54) is 32.3 Å². The Bertz CT molecular complexity index is 573. The van der Waals surface area contributed by atoms with Gasteiger partial charge in [-0.1, -0.05) is 12.2 Å². The van der Waals surface area contributed by atoms with Crippen molar-refractivity contribution in [2.45, 2.75) is 0 Å². The van der Waals surface area contributed by atoms with Gasteiger partial charge in [0.2, 0.25) is 10.0 Å². The molecule has 0 heterocycles. The molecule has 0 bridgehead atoms.